The lowest BCUT2D eigenvalue weighted by atomic mass is 10.0. The van der Waals surface area contributed by atoms with Gasteiger partial charge in [0.2, 0.25) is 0 Å². The third kappa shape index (κ3) is 3.32. The monoisotopic (exact) mass is 185 g/mol. The van der Waals surface area contributed by atoms with E-state index in [2.05, 4.69) is 4.90 Å². The molecule has 0 aromatic heterocycles. The van der Waals surface area contributed by atoms with Crippen molar-refractivity contribution in [1.82, 2.24) is 4.90 Å². The number of aliphatic hydroxyl groups excluding tert-OH is 1. The minimum Gasteiger partial charge on any atom is -0.393 e. The molecular weight excluding hydrogens is 166 g/mol. The van der Waals surface area contributed by atoms with Gasteiger partial charge in [-0.15, -0.1) is 0 Å². The van der Waals surface area contributed by atoms with Crippen LogP contribution >= 0.6 is 0 Å². The average molecular weight is 185 g/mol. The summed E-state index contributed by atoms with van der Waals surface area (Å²) in [5.74, 6) is 0.660. The van der Waals surface area contributed by atoms with E-state index < -0.39 is 0 Å². The van der Waals surface area contributed by atoms with E-state index in [4.69, 9.17) is 11.1 Å². The Morgan fingerprint density at radius 1 is 1.77 bits per heavy atom. The lowest BCUT2D eigenvalue weighted by molar-refractivity contribution is 0.128. The van der Waals surface area contributed by atoms with Gasteiger partial charge in [0.1, 0.15) is 0 Å². The van der Waals surface area contributed by atoms with E-state index in [0.717, 1.165) is 26.1 Å². The van der Waals surface area contributed by atoms with Gasteiger partial charge in [0.25, 0.3) is 0 Å². The van der Waals surface area contributed by atoms with Crippen molar-refractivity contribution >= 4 is 5.84 Å². The molecule has 1 aliphatic rings. The molecule has 0 radical (unpaired) electrons. The van der Waals surface area contributed by atoms with Crippen LogP contribution in [0.3, 0.4) is 0 Å². The number of hydrogen-bond donors (Lipinski definition) is 3. The van der Waals surface area contributed by atoms with Crippen molar-refractivity contribution in [3.8, 4) is 0 Å². The smallest absolute Gasteiger partial charge is 0.0918 e. The summed E-state index contributed by atoms with van der Waals surface area (Å²) in [6.45, 7) is 4.69. The van der Waals surface area contributed by atoms with Gasteiger partial charge < -0.3 is 15.7 Å². The molecule has 0 aromatic carbocycles. The quantitative estimate of drug-likeness (QED) is 0.427. The van der Waals surface area contributed by atoms with E-state index >= 15 is 0 Å². The summed E-state index contributed by atoms with van der Waals surface area (Å²) in [6, 6.07) is 0. The van der Waals surface area contributed by atoms with Crippen LogP contribution in [-0.2, 0) is 0 Å². The fourth-order valence-corrected chi connectivity index (χ4v) is 1.74. The zero-order valence-electron chi connectivity index (χ0n) is 8.16. The third-order valence-corrected chi connectivity index (χ3v) is 2.69. The third-order valence-electron chi connectivity index (χ3n) is 2.69. The second kappa shape index (κ2) is 4.58. The summed E-state index contributed by atoms with van der Waals surface area (Å²) < 4.78 is 0. The zero-order chi connectivity index (χ0) is 9.84. The number of hydrogen-bond acceptors (Lipinski definition) is 3. The molecule has 1 aliphatic heterocycles. The molecule has 2 unspecified atom stereocenters. The number of aliphatic hydroxyl groups is 1. The average Bonchev–Trinajstić information content (AvgIpc) is 2.48. The predicted octanol–water partition coefficient (Wildman–Crippen LogP) is 0.0152. The van der Waals surface area contributed by atoms with Crippen LogP contribution in [0.2, 0.25) is 0 Å². The Bertz CT molecular complexity index is 182. The van der Waals surface area contributed by atoms with Crippen molar-refractivity contribution < 1.29 is 5.11 Å². The van der Waals surface area contributed by atoms with Crippen LogP contribution < -0.4 is 5.73 Å². The van der Waals surface area contributed by atoms with Crippen LogP contribution in [0.4, 0.5) is 0 Å². The van der Waals surface area contributed by atoms with Gasteiger partial charge >= 0.3 is 0 Å². The summed E-state index contributed by atoms with van der Waals surface area (Å²) in [5, 5.41) is 16.4. The lowest BCUT2D eigenvalue weighted by Crippen LogP contribution is -2.27. The standard InChI is InChI=1S/C9H19N3O/c1-7(13)8-2-4-12(6-8)5-3-9(10)11/h7-8,13H,2-6H2,1H3,(H3,10,11). The van der Waals surface area contributed by atoms with Gasteiger partial charge in [0.15, 0.2) is 0 Å². The molecule has 0 bridgehead atoms. The Hall–Kier alpha value is -0.610. The minimum atomic E-state index is -0.206. The van der Waals surface area contributed by atoms with E-state index in [-0.39, 0.29) is 11.9 Å². The first kappa shape index (κ1) is 10.5. The molecule has 0 aliphatic carbocycles. The van der Waals surface area contributed by atoms with Crippen LogP contribution in [0.25, 0.3) is 0 Å². The number of rotatable bonds is 4. The molecule has 4 nitrogen and oxygen atoms in total. The predicted molar refractivity (Wildman–Crippen MR) is 52.8 cm³/mol. The Labute approximate surface area is 79.2 Å². The number of likely N-dealkylation sites (tertiary alicyclic amines) is 1. The molecule has 1 saturated heterocycles. The van der Waals surface area contributed by atoms with Crippen molar-refractivity contribution in [1.29, 1.82) is 5.41 Å². The molecule has 0 saturated carbocycles. The van der Waals surface area contributed by atoms with Crippen LogP contribution in [-0.4, -0.2) is 41.6 Å². The molecule has 0 spiro atoms. The minimum absolute atomic E-state index is 0.206. The lowest BCUT2D eigenvalue weighted by Gasteiger charge is -2.16. The summed E-state index contributed by atoms with van der Waals surface area (Å²) in [5.41, 5.74) is 5.27. The van der Waals surface area contributed by atoms with Gasteiger partial charge in [0.05, 0.1) is 11.9 Å². The highest BCUT2D eigenvalue weighted by Gasteiger charge is 2.25. The first-order valence-corrected chi connectivity index (χ1v) is 4.83. The molecule has 1 rings (SSSR count). The normalized spacial score (nSPS) is 26.2. The molecule has 1 heterocycles. The van der Waals surface area contributed by atoms with Crippen molar-refractivity contribution in [2.75, 3.05) is 19.6 Å². The van der Waals surface area contributed by atoms with Crippen LogP contribution in [0.15, 0.2) is 0 Å². The van der Waals surface area contributed by atoms with Gasteiger partial charge in [-0.2, -0.15) is 0 Å². The Morgan fingerprint density at radius 2 is 2.46 bits per heavy atom. The maximum absolute atomic E-state index is 9.35. The highest BCUT2D eigenvalue weighted by Crippen LogP contribution is 2.19. The summed E-state index contributed by atoms with van der Waals surface area (Å²) in [6.07, 6.45) is 1.50. The first-order valence-electron chi connectivity index (χ1n) is 4.83. The second-order valence-corrected chi connectivity index (χ2v) is 3.87. The van der Waals surface area contributed by atoms with Gasteiger partial charge in [-0.1, -0.05) is 0 Å². The van der Waals surface area contributed by atoms with Gasteiger partial charge in [-0.25, -0.2) is 0 Å². The first-order chi connectivity index (χ1) is 6.09. The fourth-order valence-electron chi connectivity index (χ4n) is 1.74. The van der Waals surface area contributed by atoms with E-state index in [0.29, 0.717) is 12.3 Å². The molecule has 0 amide bonds. The Balaban J connectivity index is 2.21. The summed E-state index contributed by atoms with van der Waals surface area (Å²) in [4.78, 5) is 2.26. The van der Waals surface area contributed by atoms with Crippen LogP contribution in [0.1, 0.15) is 19.8 Å². The molecule has 0 aromatic rings. The Kier molecular flexibility index (Phi) is 3.69. The zero-order valence-corrected chi connectivity index (χ0v) is 8.16. The topological polar surface area (TPSA) is 73.3 Å². The van der Waals surface area contributed by atoms with Crippen LogP contribution in [0, 0.1) is 11.3 Å². The second-order valence-electron chi connectivity index (χ2n) is 3.87. The molecule has 1 fully saturated rings. The van der Waals surface area contributed by atoms with Crippen molar-refractivity contribution in [2.45, 2.75) is 25.9 Å². The van der Waals surface area contributed by atoms with E-state index in [1.807, 2.05) is 6.92 Å². The van der Waals surface area contributed by atoms with Gasteiger partial charge in [-0.3, -0.25) is 5.41 Å². The van der Waals surface area contributed by atoms with E-state index in [1.54, 1.807) is 0 Å². The molecular formula is C9H19N3O. The summed E-state index contributed by atoms with van der Waals surface area (Å²) >= 11 is 0. The van der Waals surface area contributed by atoms with E-state index in [1.165, 1.54) is 0 Å². The maximum Gasteiger partial charge on any atom is 0.0918 e. The molecule has 4 N–H and O–H groups in total. The number of nitrogens with two attached hydrogens (primary N) is 1. The number of nitrogens with one attached hydrogen (secondary N) is 1. The van der Waals surface area contributed by atoms with Gasteiger partial charge in [0, 0.05) is 19.5 Å². The van der Waals surface area contributed by atoms with Crippen LogP contribution in [0.5, 0.6) is 0 Å². The SMILES string of the molecule is CC(O)C1CCN(CCC(=N)N)C1. The highest BCUT2D eigenvalue weighted by atomic mass is 16.3. The number of nitrogens with zero attached hydrogens (tertiary/aromatic N) is 1. The fraction of sp³-hybridized carbons (Fsp3) is 0.889. The van der Waals surface area contributed by atoms with Gasteiger partial charge in [-0.05, 0) is 25.8 Å². The largest absolute Gasteiger partial charge is 0.393 e. The molecule has 4 heteroatoms. The Morgan fingerprint density at radius 3 is 2.92 bits per heavy atom. The number of amidine groups is 1. The van der Waals surface area contributed by atoms with Crippen molar-refractivity contribution in [3.05, 3.63) is 0 Å². The molecule has 76 valence electrons. The maximum atomic E-state index is 9.35. The highest BCUT2D eigenvalue weighted by molar-refractivity contribution is 5.76. The molecule has 2 atom stereocenters. The van der Waals surface area contributed by atoms with E-state index in [9.17, 15) is 5.11 Å². The summed E-state index contributed by atoms with van der Waals surface area (Å²) in [7, 11) is 0. The molecule has 13 heavy (non-hydrogen) atoms. The van der Waals surface area contributed by atoms with Crippen molar-refractivity contribution in [3.63, 3.8) is 0 Å². The van der Waals surface area contributed by atoms with Crippen molar-refractivity contribution in [2.24, 2.45) is 11.7 Å².